The van der Waals surface area contributed by atoms with Crippen LogP contribution in [0.25, 0.3) is 0 Å². The van der Waals surface area contributed by atoms with E-state index in [1.807, 2.05) is 30.0 Å². The lowest BCUT2D eigenvalue weighted by Crippen LogP contribution is -2.47. The Morgan fingerprint density at radius 3 is 2.77 bits per heavy atom. The number of hydrogen-bond acceptors (Lipinski definition) is 5. The predicted molar refractivity (Wildman–Crippen MR) is 94.0 cm³/mol. The van der Waals surface area contributed by atoms with Crippen molar-refractivity contribution in [2.24, 2.45) is 5.92 Å². The molecule has 0 radical (unpaired) electrons. The number of rotatable bonds is 3. The predicted octanol–water partition coefficient (Wildman–Crippen LogP) is 1.44. The summed E-state index contributed by atoms with van der Waals surface area (Å²) in [7, 11) is 0. The van der Waals surface area contributed by atoms with Gasteiger partial charge in [0.2, 0.25) is 5.91 Å². The van der Waals surface area contributed by atoms with Gasteiger partial charge in [0.05, 0.1) is 30.0 Å². The van der Waals surface area contributed by atoms with E-state index >= 15 is 0 Å². The topological polar surface area (TPSA) is 79.3 Å². The number of nitrogens with zero attached hydrogens (tertiary/aromatic N) is 5. The fraction of sp³-hybridized carbons (Fsp3) is 0.421. The normalized spacial score (nSPS) is 22.4. The number of carbonyl (C=O) groups excluding carboxylic acids is 2. The Labute approximate surface area is 152 Å². The molecule has 3 saturated heterocycles. The fourth-order valence-electron chi connectivity index (χ4n) is 3.75. The summed E-state index contributed by atoms with van der Waals surface area (Å²) in [4.78, 5) is 42.1. The van der Waals surface area contributed by atoms with Crippen molar-refractivity contribution in [2.75, 3.05) is 13.1 Å². The van der Waals surface area contributed by atoms with E-state index in [2.05, 4.69) is 15.0 Å². The maximum Gasteiger partial charge on any atom is 0.274 e. The Morgan fingerprint density at radius 2 is 2.04 bits per heavy atom. The molecule has 5 rings (SSSR count). The van der Waals surface area contributed by atoms with Gasteiger partial charge in [0.15, 0.2) is 0 Å². The van der Waals surface area contributed by atoms with Crippen LogP contribution >= 0.6 is 0 Å². The van der Waals surface area contributed by atoms with Gasteiger partial charge in [-0.3, -0.25) is 19.6 Å². The first-order chi connectivity index (χ1) is 12.6. The molecule has 0 spiro atoms. The number of fused-ring (bicyclic) bond motifs is 4. The maximum absolute atomic E-state index is 12.9. The van der Waals surface area contributed by atoms with Crippen LogP contribution in [0.5, 0.6) is 0 Å². The molecule has 0 saturated carbocycles. The summed E-state index contributed by atoms with van der Waals surface area (Å²) in [5.41, 5.74) is 1.98. The van der Waals surface area contributed by atoms with Crippen LogP contribution in [0.1, 0.15) is 34.7 Å². The van der Waals surface area contributed by atoms with Crippen LogP contribution in [0.4, 0.5) is 0 Å². The molecule has 3 aliphatic heterocycles. The quantitative estimate of drug-likeness (QED) is 0.836. The van der Waals surface area contributed by atoms with Crippen LogP contribution in [0, 0.1) is 12.8 Å². The summed E-state index contributed by atoms with van der Waals surface area (Å²) in [6, 6.07) is 5.74. The van der Waals surface area contributed by atoms with Crippen molar-refractivity contribution >= 4 is 11.8 Å². The highest BCUT2D eigenvalue weighted by atomic mass is 16.2. The van der Waals surface area contributed by atoms with E-state index < -0.39 is 0 Å². The number of piperidine rings is 1. The Morgan fingerprint density at radius 1 is 1.15 bits per heavy atom. The van der Waals surface area contributed by atoms with Gasteiger partial charge in [-0.25, -0.2) is 4.98 Å². The molecular weight excluding hydrogens is 330 g/mol. The maximum atomic E-state index is 12.9. The molecule has 2 bridgehead atoms. The van der Waals surface area contributed by atoms with Gasteiger partial charge < -0.3 is 9.80 Å². The van der Waals surface area contributed by atoms with Crippen LogP contribution in [0.15, 0.2) is 36.8 Å². The van der Waals surface area contributed by atoms with Gasteiger partial charge in [-0.1, -0.05) is 6.07 Å². The Bertz CT molecular complexity index is 808. The second-order valence-electron chi connectivity index (χ2n) is 6.97. The molecule has 0 aromatic carbocycles. The molecule has 2 atom stereocenters. The van der Waals surface area contributed by atoms with Crippen LogP contribution in [-0.2, 0) is 11.3 Å². The van der Waals surface area contributed by atoms with Crippen molar-refractivity contribution < 1.29 is 9.59 Å². The van der Waals surface area contributed by atoms with Gasteiger partial charge in [0.1, 0.15) is 5.69 Å². The number of hydrogen-bond donors (Lipinski definition) is 0. The van der Waals surface area contributed by atoms with Crippen molar-refractivity contribution in [3.05, 3.63) is 53.9 Å². The summed E-state index contributed by atoms with van der Waals surface area (Å²) < 4.78 is 0. The first-order valence-corrected chi connectivity index (χ1v) is 8.90. The highest BCUT2D eigenvalue weighted by molar-refractivity contribution is 5.93. The summed E-state index contributed by atoms with van der Waals surface area (Å²) in [6.07, 6.45) is 6.58. The van der Waals surface area contributed by atoms with Gasteiger partial charge in [-0.15, -0.1) is 0 Å². The van der Waals surface area contributed by atoms with Crippen LogP contribution in [0.2, 0.25) is 0 Å². The molecule has 26 heavy (non-hydrogen) atoms. The van der Waals surface area contributed by atoms with E-state index in [-0.39, 0.29) is 23.8 Å². The van der Waals surface area contributed by atoms with Crippen LogP contribution in [0.3, 0.4) is 0 Å². The van der Waals surface area contributed by atoms with Gasteiger partial charge in [0, 0.05) is 31.5 Å². The highest BCUT2D eigenvalue weighted by Gasteiger charge is 2.42. The van der Waals surface area contributed by atoms with Crippen LogP contribution < -0.4 is 0 Å². The summed E-state index contributed by atoms with van der Waals surface area (Å²) in [5, 5.41) is 0. The second kappa shape index (κ2) is 6.82. The summed E-state index contributed by atoms with van der Waals surface area (Å²) >= 11 is 0. The van der Waals surface area contributed by atoms with E-state index in [0.29, 0.717) is 25.3 Å². The number of amides is 2. The molecule has 7 nitrogen and oxygen atoms in total. The molecule has 0 N–H and O–H groups in total. The standard InChI is InChI=1S/C19H21N5O2/c1-13-8-22-17(9-21-13)19(26)23-10-14-5-6-16(12-23)24(18(14)25)11-15-4-2-3-7-20-15/h2-4,7-9,14,16H,5-6,10-12H2,1H3/t14-,16+/m1/s1. The second-order valence-corrected chi connectivity index (χ2v) is 6.97. The van der Waals surface area contributed by atoms with E-state index in [4.69, 9.17) is 0 Å². The van der Waals surface area contributed by atoms with E-state index in [0.717, 1.165) is 24.2 Å². The van der Waals surface area contributed by atoms with Crippen molar-refractivity contribution in [1.29, 1.82) is 0 Å². The van der Waals surface area contributed by atoms with Crippen molar-refractivity contribution in [3.8, 4) is 0 Å². The SMILES string of the molecule is Cc1cnc(C(=O)N2C[C@H]3CC[C@@H](C2)N(Cc2ccccn2)C3=O)cn1. The number of aryl methyl sites for hydroxylation is 1. The third kappa shape index (κ3) is 3.16. The molecule has 5 heterocycles. The lowest BCUT2D eigenvalue weighted by molar-refractivity contribution is -0.140. The third-order valence-corrected chi connectivity index (χ3v) is 5.14. The van der Waals surface area contributed by atoms with Gasteiger partial charge >= 0.3 is 0 Å². The minimum Gasteiger partial charge on any atom is -0.334 e. The summed E-state index contributed by atoms with van der Waals surface area (Å²) in [5.74, 6) is -0.182. The number of aromatic nitrogens is 3. The van der Waals surface area contributed by atoms with Gasteiger partial charge in [-0.2, -0.15) is 0 Å². The Kier molecular flexibility index (Phi) is 4.36. The van der Waals surface area contributed by atoms with Crippen molar-refractivity contribution in [3.63, 3.8) is 0 Å². The third-order valence-electron chi connectivity index (χ3n) is 5.14. The number of carbonyl (C=O) groups is 2. The largest absolute Gasteiger partial charge is 0.334 e. The first-order valence-electron chi connectivity index (χ1n) is 8.90. The van der Waals surface area contributed by atoms with Gasteiger partial charge in [-0.05, 0) is 31.9 Å². The zero-order chi connectivity index (χ0) is 18.1. The molecule has 2 aromatic heterocycles. The zero-order valence-electron chi connectivity index (χ0n) is 14.7. The Hall–Kier alpha value is -2.83. The monoisotopic (exact) mass is 351 g/mol. The fourth-order valence-corrected chi connectivity index (χ4v) is 3.75. The minimum absolute atomic E-state index is 0.0191. The Balaban J connectivity index is 1.54. The lowest BCUT2D eigenvalue weighted by atomic mass is 9.94. The molecule has 134 valence electrons. The summed E-state index contributed by atoms with van der Waals surface area (Å²) in [6.45, 7) is 3.31. The molecule has 3 fully saturated rings. The lowest BCUT2D eigenvalue weighted by Gasteiger charge is -2.35. The molecular formula is C19H21N5O2. The molecule has 0 unspecified atom stereocenters. The minimum atomic E-state index is -0.153. The molecule has 0 aliphatic carbocycles. The van der Waals surface area contributed by atoms with E-state index in [1.54, 1.807) is 17.3 Å². The van der Waals surface area contributed by atoms with Gasteiger partial charge in [0.25, 0.3) is 5.91 Å². The van der Waals surface area contributed by atoms with Crippen LogP contribution in [-0.4, -0.2) is 55.7 Å². The van der Waals surface area contributed by atoms with Crippen molar-refractivity contribution in [2.45, 2.75) is 32.4 Å². The van der Waals surface area contributed by atoms with Crippen molar-refractivity contribution in [1.82, 2.24) is 24.8 Å². The molecule has 7 heteroatoms. The number of pyridine rings is 1. The molecule has 3 aliphatic rings. The van der Waals surface area contributed by atoms with E-state index in [1.165, 1.54) is 6.20 Å². The van der Waals surface area contributed by atoms with E-state index in [9.17, 15) is 9.59 Å². The zero-order valence-corrected chi connectivity index (χ0v) is 14.7. The smallest absolute Gasteiger partial charge is 0.274 e. The average molecular weight is 351 g/mol. The highest BCUT2D eigenvalue weighted by Crippen LogP contribution is 2.30. The average Bonchev–Trinajstić information content (AvgIpc) is 2.95. The first kappa shape index (κ1) is 16.6. The molecule has 2 aromatic rings. The molecule has 2 amide bonds.